The molecule has 2 amide bonds. The topological polar surface area (TPSA) is 102 Å². The number of amides is 2. The SMILES string of the molecule is C=Cc1ccccc1[C@@H]1[C@H](N2C(=O)OC[C@@H]2c2ccccc2)C(=O)N1C(C(=O)OCC(Cl)(Cl)Cl)C(=O)OC(C)(C)C. The molecule has 2 fully saturated rings. The van der Waals surface area contributed by atoms with Crippen LogP contribution in [0.15, 0.2) is 61.2 Å². The van der Waals surface area contributed by atoms with E-state index in [1.807, 2.05) is 30.3 Å². The van der Waals surface area contributed by atoms with Crippen LogP contribution in [0.25, 0.3) is 6.08 Å². The molecule has 12 heteroatoms. The lowest BCUT2D eigenvalue weighted by Gasteiger charge is -2.52. The zero-order valence-corrected chi connectivity index (χ0v) is 24.9. The number of halogens is 3. The summed E-state index contributed by atoms with van der Waals surface area (Å²) < 4.78 is 14.1. The Balaban J connectivity index is 1.81. The van der Waals surface area contributed by atoms with Gasteiger partial charge in [0.1, 0.15) is 24.9 Å². The standard InChI is InChI=1S/C29H29Cl3N2O7/c1-5-17-11-9-10-14-19(17)21-22(33-20(15-39-27(33)38)18-12-7-6-8-13-18)24(35)34(21)23(26(37)41-28(2,3)4)25(36)40-16-29(30,31)32/h5-14,20-23H,1,15-16H2,2-4H3/t20-,21-,22+,23?/m1/s1. The molecule has 2 aromatic rings. The van der Waals surface area contributed by atoms with Crippen LogP contribution < -0.4 is 0 Å². The van der Waals surface area contributed by atoms with Crippen molar-refractivity contribution < 1.29 is 33.4 Å². The summed E-state index contributed by atoms with van der Waals surface area (Å²) in [5, 5.41) is 0. The van der Waals surface area contributed by atoms with Gasteiger partial charge in [-0.05, 0) is 37.5 Å². The van der Waals surface area contributed by atoms with Crippen molar-refractivity contribution >= 4 is 64.8 Å². The monoisotopic (exact) mass is 622 g/mol. The molecule has 2 heterocycles. The van der Waals surface area contributed by atoms with Crippen LogP contribution in [-0.2, 0) is 28.6 Å². The molecule has 0 radical (unpaired) electrons. The third-order valence-electron chi connectivity index (χ3n) is 6.55. The van der Waals surface area contributed by atoms with Gasteiger partial charge in [-0.25, -0.2) is 14.4 Å². The van der Waals surface area contributed by atoms with Crippen molar-refractivity contribution in [3.63, 3.8) is 0 Å². The van der Waals surface area contributed by atoms with E-state index in [9.17, 15) is 19.2 Å². The number of esters is 2. The van der Waals surface area contributed by atoms with Gasteiger partial charge < -0.3 is 19.1 Å². The van der Waals surface area contributed by atoms with Gasteiger partial charge in [-0.2, -0.15) is 0 Å². The molecule has 41 heavy (non-hydrogen) atoms. The normalized spacial score (nSPS) is 21.6. The van der Waals surface area contributed by atoms with Crippen LogP contribution in [0, 0.1) is 0 Å². The highest BCUT2D eigenvalue weighted by Gasteiger charge is 2.62. The summed E-state index contributed by atoms with van der Waals surface area (Å²) in [5.74, 6) is -2.87. The van der Waals surface area contributed by atoms with Gasteiger partial charge in [-0.1, -0.05) is 102 Å². The Kier molecular flexibility index (Phi) is 8.92. The Morgan fingerprint density at radius 1 is 1.02 bits per heavy atom. The fraction of sp³-hybridized carbons (Fsp3) is 0.379. The zero-order valence-electron chi connectivity index (χ0n) is 22.6. The van der Waals surface area contributed by atoms with Crippen molar-refractivity contribution in [2.45, 2.75) is 54.3 Å². The van der Waals surface area contributed by atoms with Crippen LogP contribution in [0.2, 0.25) is 0 Å². The average Bonchev–Trinajstić information content (AvgIpc) is 3.27. The fourth-order valence-corrected chi connectivity index (χ4v) is 5.09. The number of nitrogens with zero attached hydrogens (tertiary/aromatic N) is 2. The summed E-state index contributed by atoms with van der Waals surface area (Å²) >= 11 is 17.3. The van der Waals surface area contributed by atoms with Crippen molar-refractivity contribution in [3.8, 4) is 0 Å². The first kappa shape index (κ1) is 30.7. The van der Waals surface area contributed by atoms with Crippen LogP contribution in [0.1, 0.15) is 49.5 Å². The molecule has 4 rings (SSSR count). The average molecular weight is 624 g/mol. The first-order valence-corrected chi connectivity index (χ1v) is 13.9. The Labute approximate surface area is 252 Å². The molecule has 0 aliphatic carbocycles. The van der Waals surface area contributed by atoms with Gasteiger partial charge in [0.05, 0.1) is 12.1 Å². The van der Waals surface area contributed by atoms with Crippen LogP contribution in [0.5, 0.6) is 0 Å². The predicted octanol–water partition coefficient (Wildman–Crippen LogP) is 5.40. The lowest BCUT2D eigenvalue weighted by atomic mass is 9.82. The van der Waals surface area contributed by atoms with Crippen LogP contribution >= 0.6 is 34.8 Å². The summed E-state index contributed by atoms with van der Waals surface area (Å²) in [7, 11) is 0. The molecule has 0 N–H and O–H groups in total. The third kappa shape index (κ3) is 6.63. The van der Waals surface area contributed by atoms with E-state index in [0.717, 1.165) is 10.5 Å². The Morgan fingerprint density at radius 3 is 2.27 bits per heavy atom. The maximum absolute atomic E-state index is 14.0. The maximum Gasteiger partial charge on any atom is 0.411 e. The van der Waals surface area contributed by atoms with Crippen molar-refractivity contribution in [1.29, 1.82) is 0 Å². The van der Waals surface area contributed by atoms with E-state index in [0.29, 0.717) is 11.1 Å². The molecular formula is C29H29Cl3N2O7. The van der Waals surface area contributed by atoms with E-state index in [-0.39, 0.29) is 6.61 Å². The number of hydrogen-bond acceptors (Lipinski definition) is 7. The molecule has 2 aliphatic rings. The molecule has 218 valence electrons. The molecule has 2 saturated heterocycles. The first-order valence-electron chi connectivity index (χ1n) is 12.7. The van der Waals surface area contributed by atoms with Gasteiger partial charge in [0, 0.05) is 0 Å². The summed E-state index contributed by atoms with van der Waals surface area (Å²) in [5.41, 5.74) is 0.915. The van der Waals surface area contributed by atoms with Crippen LogP contribution in [0.4, 0.5) is 4.79 Å². The van der Waals surface area contributed by atoms with Gasteiger partial charge >= 0.3 is 18.0 Å². The second kappa shape index (κ2) is 11.9. The highest BCUT2D eigenvalue weighted by Crippen LogP contribution is 2.46. The number of ether oxygens (including phenoxy) is 3. The molecule has 4 atom stereocenters. The Bertz CT molecular complexity index is 1340. The number of carbonyl (C=O) groups excluding carboxylic acids is 4. The largest absolute Gasteiger partial charge is 0.459 e. The minimum Gasteiger partial charge on any atom is -0.459 e. The molecule has 1 unspecified atom stereocenters. The number of cyclic esters (lactones) is 1. The van der Waals surface area contributed by atoms with Gasteiger partial charge in [0.25, 0.3) is 0 Å². The predicted molar refractivity (Wildman–Crippen MR) is 153 cm³/mol. The minimum absolute atomic E-state index is 0.0171. The fourth-order valence-electron chi connectivity index (χ4n) is 4.92. The van der Waals surface area contributed by atoms with Gasteiger partial charge in [-0.3, -0.25) is 9.69 Å². The Morgan fingerprint density at radius 2 is 1.66 bits per heavy atom. The minimum atomic E-state index is -1.97. The summed E-state index contributed by atoms with van der Waals surface area (Å²) in [4.78, 5) is 56.4. The second-order valence-electron chi connectivity index (χ2n) is 10.5. The van der Waals surface area contributed by atoms with E-state index in [2.05, 4.69) is 6.58 Å². The summed E-state index contributed by atoms with van der Waals surface area (Å²) in [6.45, 7) is 8.05. The highest BCUT2D eigenvalue weighted by atomic mass is 35.6. The van der Waals surface area contributed by atoms with E-state index in [1.54, 1.807) is 51.1 Å². The Hall–Kier alpha value is -3.27. The molecule has 0 spiro atoms. The lowest BCUT2D eigenvalue weighted by molar-refractivity contribution is -0.187. The number of carbonyl (C=O) groups is 4. The van der Waals surface area contributed by atoms with Crippen molar-refractivity contribution in [1.82, 2.24) is 9.80 Å². The van der Waals surface area contributed by atoms with Crippen LogP contribution in [-0.4, -0.2) is 68.4 Å². The van der Waals surface area contributed by atoms with E-state index in [1.165, 1.54) is 4.90 Å². The van der Waals surface area contributed by atoms with Gasteiger partial charge in [0.15, 0.2) is 0 Å². The summed E-state index contributed by atoms with van der Waals surface area (Å²) in [6, 6.07) is 11.6. The number of rotatable bonds is 8. The highest BCUT2D eigenvalue weighted by molar-refractivity contribution is 6.67. The van der Waals surface area contributed by atoms with Crippen molar-refractivity contribution in [2.24, 2.45) is 0 Å². The number of likely N-dealkylation sites (tertiary alicyclic amines) is 1. The first-order chi connectivity index (χ1) is 19.2. The van der Waals surface area contributed by atoms with Gasteiger partial charge in [-0.15, -0.1) is 0 Å². The molecule has 9 nitrogen and oxygen atoms in total. The quantitative estimate of drug-likeness (QED) is 0.128. The molecule has 0 bridgehead atoms. The number of benzene rings is 2. The maximum atomic E-state index is 14.0. The van der Waals surface area contributed by atoms with E-state index >= 15 is 0 Å². The third-order valence-corrected chi connectivity index (χ3v) is 6.87. The molecular weight excluding hydrogens is 595 g/mol. The van der Waals surface area contributed by atoms with Crippen molar-refractivity contribution in [3.05, 3.63) is 77.9 Å². The molecule has 0 aromatic heterocycles. The van der Waals surface area contributed by atoms with Gasteiger partial charge in [0.2, 0.25) is 15.7 Å². The zero-order chi connectivity index (χ0) is 30.1. The molecule has 0 saturated carbocycles. The summed E-state index contributed by atoms with van der Waals surface area (Å²) in [6.07, 6.45) is 0.874. The van der Waals surface area contributed by atoms with Crippen molar-refractivity contribution in [2.75, 3.05) is 13.2 Å². The smallest absolute Gasteiger partial charge is 0.411 e. The number of hydrogen-bond donors (Lipinski definition) is 0. The lowest BCUT2D eigenvalue weighted by Crippen LogP contribution is -2.71. The molecule has 2 aliphatic heterocycles. The van der Waals surface area contributed by atoms with E-state index < -0.39 is 64.1 Å². The number of β-lactam (4-membered cyclic amide) rings is 1. The van der Waals surface area contributed by atoms with Crippen LogP contribution in [0.3, 0.4) is 0 Å². The molecule has 2 aromatic carbocycles. The number of alkyl halides is 3. The van der Waals surface area contributed by atoms with E-state index in [4.69, 9.17) is 49.0 Å². The second-order valence-corrected chi connectivity index (χ2v) is 13.1.